The van der Waals surface area contributed by atoms with Crippen LogP contribution in [0.5, 0.6) is 0 Å². The van der Waals surface area contributed by atoms with Crippen LogP contribution in [-0.2, 0) is 9.59 Å². The molecule has 2 heterocycles. The number of nitrogens with one attached hydrogen (secondary N) is 2. The number of aryl methyl sites for hydroxylation is 1. The summed E-state index contributed by atoms with van der Waals surface area (Å²) in [6.07, 6.45) is 0.801. The zero-order chi connectivity index (χ0) is 14.1. The quantitative estimate of drug-likeness (QED) is 0.800. The van der Waals surface area contributed by atoms with Crippen LogP contribution >= 0.6 is 0 Å². The highest BCUT2D eigenvalue weighted by Gasteiger charge is 2.27. The van der Waals surface area contributed by atoms with Gasteiger partial charge in [-0.15, -0.1) is 5.10 Å². The molecule has 1 aliphatic heterocycles. The molecule has 2 N–H and O–H groups in total. The smallest absolute Gasteiger partial charge is 0.249 e. The van der Waals surface area contributed by atoms with Crippen molar-refractivity contribution in [3.63, 3.8) is 0 Å². The molecule has 1 atom stereocenters. The number of aromatic nitrogens is 2. The van der Waals surface area contributed by atoms with Crippen LogP contribution < -0.4 is 10.6 Å². The van der Waals surface area contributed by atoms with Crippen LogP contribution in [0.25, 0.3) is 10.8 Å². The van der Waals surface area contributed by atoms with E-state index in [4.69, 9.17) is 0 Å². The third kappa shape index (κ3) is 2.20. The van der Waals surface area contributed by atoms with Gasteiger partial charge in [0.1, 0.15) is 6.04 Å². The Morgan fingerprint density at radius 2 is 1.95 bits per heavy atom. The molecule has 0 spiro atoms. The summed E-state index contributed by atoms with van der Waals surface area (Å²) in [6.45, 7) is 1.89. The molecule has 1 unspecified atom stereocenters. The Kier molecular flexibility index (Phi) is 3.06. The van der Waals surface area contributed by atoms with Gasteiger partial charge >= 0.3 is 0 Å². The molecule has 1 aromatic heterocycles. The number of carbonyl (C=O) groups excluding carboxylic acids is 2. The average Bonchev–Trinajstić information content (AvgIpc) is 2.45. The van der Waals surface area contributed by atoms with Crippen molar-refractivity contribution in [2.24, 2.45) is 0 Å². The zero-order valence-electron chi connectivity index (χ0n) is 11.0. The van der Waals surface area contributed by atoms with Gasteiger partial charge in [-0.25, -0.2) is 0 Å². The molecule has 6 heteroatoms. The summed E-state index contributed by atoms with van der Waals surface area (Å²) >= 11 is 0. The third-order valence-electron chi connectivity index (χ3n) is 3.42. The Morgan fingerprint density at radius 1 is 1.20 bits per heavy atom. The number of imide groups is 1. The summed E-state index contributed by atoms with van der Waals surface area (Å²) in [4.78, 5) is 22.9. The van der Waals surface area contributed by atoms with Crippen molar-refractivity contribution in [3.8, 4) is 0 Å². The van der Waals surface area contributed by atoms with Crippen molar-refractivity contribution in [1.82, 2.24) is 15.5 Å². The van der Waals surface area contributed by atoms with Gasteiger partial charge in [0.25, 0.3) is 0 Å². The van der Waals surface area contributed by atoms with Crippen molar-refractivity contribution in [2.45, 2.75) is 25.8 Å². The van der Waals surface area contributed by atoms with Crippen LogP contribution in [-0.4, -0.2) is 28.1 Å². The minimum atomic E-state index is -0.451. The third-order valence-corrected chi connectivity index (χ3v) is 3.42. The fourth-order valence-electron chi connectivity index (χ4n) is 2.34. The second-order valence-corrected chi connectivity index (χ2v) is 4.83. The maximum absolute atomic E-state index is 11.8. The van der Waals surface area contributed by atoms with Gasteiger partial charge in [0.05, 0.1) is 5.69 Å². The monoisotopic (exact) mass is 270 g/mol. The summed E-state index contributed by atoms with van der Waals surface area (Å²) in [6, 6.07) is 7.31. The SMILES string of the molecule is Cc1nnc(NC2CCC(=O)NC2=O)c2ccccc12. The minimum absolute atomic E-state index is 0.229. The Hall–Kier alpha value is -2.50. The topological polar surface area (TPSA) is 84.0 Å². The fourth-order valence-corrected chi connectivity index (χ4v) is 2.34. The Bertz CT molecular complexity index is 699. The number of nitrogens with zero attached hydrogens (tertiary/aromatic N) is 2. The van der Waals surface area contributed by atoms with Crippen molar-refractivity contribution in [3.05, 3.63) is 30.0 Å². The molecule has 0 aliphatic carbocycles. The first-order chi connectivity index (χ1) is 9.65. The van der Waals surface area contributed by atoms with E-state index in [-0.39, 0.29) is 11.8 Å². The molecule has 1 aromatic carbocycles. The number of piperidine rings is 1. The highest BCUT2D eigenvalue weighted by Crippen LogP contribution is 2.23. The van der Waals surface area contributed by atoms with E-state index in [1.807, 2.05) is 31.2 Å². The standard InChI is InChI=1S/C14H14N4O2/c1-8-9-4-2-3-5-10(9)13(18-17-8)15-11-6-7-12(19)16-14(11)20/h2-5,11H,6-7H2,1H3,(H,15,18)(H,16,19,20). The molecule has 3 rings (SSSR count). The number of carbonyl (C=O) groups is 2. The van der Waals surface area contributed by atoms with Crippen molar-refractivity contribution in [2.75, 3.05) is 5.32 Å². The summed E-state index contributed by atoms with van der Waals surface area (Å²) in [5.41, 5.74) is 0.842. The number of amides is 2. The van der Waals surface area contributed by atoms with Crippen LogP contribution in [0.4, 0.5) is 5.82 Å². The number of fused-ring (bicyclic) bond motifs is 1. The summed E-state index contributed by atoms with van der Waals surface area (Å²) < 4.78 is 0. The molecule has 0 radical (unpaired) electrons. The van der Waals surface area contributed by atoms with E-state index in [1.165, 1.54) is 0 Å². The Morgan fingerprint density at radius 3 is 2.70 bits per heavy atom. The van der Waals surface area contributed by atoms with E-state index >= 15 is 0 Å². The molecule has 1 fully saturated rings. The highest BCUT2D eigenvalue weighted by atomic mass is 16.2. The molecule has 20 heavy (non-hydrogen) atoms. The van der Waals surface area contributed by atoms with Gasteiger partial charge in [-0.05, 0) is 13.3 Å². The second-order valence-electron chi connectivity index (χ2n) is 4.83. The first kappa shape index (κ1) is 12.5. The van der Waals surface area contributed by atoms with Gasteiger partial charge in [0.2, 0.25) is 11.8 Å². The van der Waals surface area contributed by atoms with Crippen LogP contribution in [0.1, 0.15) is 18.5 Å². The van der Waals surface area contributed by atoms with Crippen molar-refractivity contribution in [1.29, 1.82) is 0 Å². The summed E-state index contributed by atoms with van der Waals surface area (Å²) in [5.74, 6) is 0.0290. The number of hydrogen-bond donors (Lipinski definition) is 2. The molecule has 2 amide bonds. The minimum Gasteiger partial charge on any atom is -0.356 e. The maximum Gasteiger partial charge on any atom is 0.249 e. The lowest BCUT2D eigenvalue weighted by Crippen LogP contribution is -2.47. The zero-order valence-corrected chi connectivity index (χ0v) is 11.0. The van der Waals surface area contributed by atoms with Gasteiger partial charge in [-0.2, -0.15) is 5.10 Å². The lowest BCUT2D eigenvalue weighted by Gasteiger charge is -2.22. The molecule has 6 nitrogen and oxygen atoms in total. The van der Waals surface area contributed by atoms with Crippen LogP contribution in [0, 0.1) is 6.92 Å². The Balaban J connectivity index is 1.93. The van der Waals surface area contributed by atoms with E-state index in [0.29, 0.717) is 18.7 Å². The average molecular weight is 270 g/mol. The number of benzene rings is 1. The molecule has 102 valence electrons. The van der Waals surface area contributed by atoms with Crippen LogP contribution in [0.2, 0.25) is 0 Å². The second kappa shape index (κ2) is 4.88. The number of hydrogen-bond acceptors (Lipinski definition) is 5. The predicted octanol–water partition coefficient (Wildman–Crippen LogP) is 1.16. The van der Waals surface area contributed by atoms with Crippen molar-refractivity contribution < 1.29 is 9.59 Å². The van der Waals surface area contributed by atoms with E-state index in [2.05, 4.69) is 20.8 Å². The molecule has 1 saturated heterocycles. The molecule has 1 aliphatic rings. The van der Waals surface area contributed by atoms with Gasteiger partial charge in [0.15, 0.2) is 5.82 Å². The molecular formula is C14H14N4O2. The van der Waals surface area contributed by atoms with Gasteiger partial charge in [-0.3, -0.25) is 14.9 Å². The van der Waals surface area contributed by atoms with E-state index in [1.54, 1.807) is 0 Å². The lowest BCUT2D eigenvalue weighted by atomic mass is 10.1. The number of anilines is 1. The summed E-state index contributed by atoms with van der Waals surface area (Å²) in [7, 11) is 0. The fraction of sp³-hybridized carbons (Fsp3) is 0.286. The summed E-state index contributed by atoms with van der Waals surface area (Å²) in [5, 5.41) is 15.6. The lowest BCUT2D eigenvalue weighted by molar-refractivity contribution is -0.133. The van der Waals surface area contributed by atoms with E-state index in [9.17, 15) is 9.59 Å². The molecule has 0 bridgehead atoms. The highest BCUT2D eigenvalue weighted by molar-refractivity contribution is 6.02. The van der Waals surface area contributed by atoms with Gasteiger partial charge in [-0.1, -0.05) is 24.3 Å². The number of rotatable bonds is 2. The molecular weight excluding hydrogens is 256 g/mol. The van der Waals surface area contributed by atoms with Crippen LogP contribution in [0.3, 0.4) is 0 Å². The normalized spacial score (nSPS) is 18.9. The largest absolute Gasteiger partial charge is 0.356 e. The van der Waals surface area contributed by atoms with Gasteiger partial charge < -0.3 is 5.32 Å². The first-order valence-electron chi connectivity index (χ1n) is 6.47. The van der Waals surface area contributed by atoms with Crippen LogP contribution in [0.15, 0.2) is 24.3 Å². The van der Waals surface area contributed by atoms with E-state index in [0.717, 1.165) is 16.5 Å². The molecule has 2 aromatic rings. The van der Waals surface area contributed by atoms with Gasteiger partial charge in [0, 0.05) is 17.2 Å². The maximum atomic E-state index is 11.8. The van der Waals surface area contributed by atoms with E-state index < -0.39 is 6.04 Å². The molecule has 0 saturated carbocycles. The first-order valence-corrected chi connectivity index (χ1v) is 6.47. The van der Waals surface area contributed by atoms with Crippen molar-refractivity contribution >= 4 is 28.4 Å². The predicted molar refractivity (Wildman–Crippen MR) is 74.1 cm³/mol. The Labute approximate surface area is 115 Å².